The third-order valence-corrected chi connectivity index (χ3v) is 5.04. The SMILES string of the molecule is O=C1CC(C(=O)Nc2ccccc2F)c2c(nc(N3CCCCC3)[nH]c2=O)N1. The summed E-state index contributed by atoms with van der Waals surface area (Å²) in [6.07, 6.45) is 2.92. The maximum Gasteiger partial charge on any atom is 0.258 e. The number of aromatic amines is 1. The molecule has 2 amide bonds. The van der Waals surface area contributed by atoms with Gasteiger partial charge in [-0.2, -0.15) is 4.98 Å². The van der Waals surface area contributed by atoms with Gasteiger partial charge >= 0.3 is 0 Å². The minimum atomic E-state index is -1.05. The minimum Gasteiger partial charge on any atom is -0.342 e. The highest BCUT2D eigenvalue weighted by atomic mass is 19.1. The molecule has 146 valence electrons. The number of nitrogens with one attached hydrogen (secondary N) is 3. The smallest absolute Gasteiger partial charge is 0.258 e. The zero-order valence-corrected chi connectivity index (χ0v) is 15.1. The number of nitrogens with zero attached hydrogens (tertiary/aromatic N) is 2. The van der Waals surface area contributed by atoms with E-state index in [-0.39, 0.29) is 23.5 Å². The Labute approximate surface area is 160 Å². The lowest BCUT2D eigenvalue weighted by Gasteiger charge is -2.29. The summed E-state index contributed by atoms with van der Waals surface area (Å²) in [5.74, 6) is -2.20. The first-order valence-corrected chi connectivity index (χ1v) is 9.27. The molecule has 4 rings (SSSR count). The number of carbonyl (C=O) groups is 2. The van der Waals surface area contributed by atoms with Crippen LogP contribution in [0.5, 0.6) is 0 Å². The zero-order chi connectivity index (χ0) is 19.7. The van der Waals surface area contributed by atoms with Crippen LogP contribution in [0.15, 0.2) is 29.1 Å². The number of rotatable bonds is 3. The lowest BCUT2D eigenvalue weighted by atomic mass is 9.92. The molecular formula is C19H20FN5O3. The monoisotopic (exact) mass is 385 g/mol. The molecule has 3 heterocycles. The van der Waals surface area contributed by atoms with E-state index < -0.39 is 29.1 Å². The zero-order valence-electron chi connectivity index (χ0n) is 15.1. The van der Waals surface area contributed by atoms with Gasteiger partial charge in [0.2, 0.25) is 17.8 Å². The van der Waals surface area contributed by atoms with Gasteiger partial charge in [-0.25, -0.2) is 4.39 Å². The first kappa shape index (κ1) is 18.1. The molecule has 0 radical (unpaired) electrons. The Morgan fingerprint density at radius 1 is 1.18 bits per heavy atom. The fraction of sp³-hybridized carbons (Fsp3) is 0.368. The number of H-pyrrole nitrogens is 1. The number of para-hydroxylation sites is 1. The Morgan fingerprint density at radius 3 is 2.68 bits per heavy atom. The van der Waals surface area contributed by atoms with Gasteiger partial charge in [-0.15, -0.1) is 0 Å². The molecule has 0 saturated carbocycles. The molecule has 1 atom stereocenters. The number of halogens is 1. The lowest BCUT2D eigenvalue weighted by molar-refractivity contribution is -0.123. The molecule has 0 aliphatic carbocycles. The van der Waals surface area contributed by atoms with E-state index in [1.54, 1.807) is 6.07 Å². The Balaban J connectivity index is 1.66. The number of fused-ring (bicyclic) bond motifs is 1. The minimum absolute atomic E-state index is 0.00523. The summed E-state index contributed by atoms with van der Waals surface area (Å²) in [4.78, 5) is 46.7. The average molecular weight is 385 g/mol. The topological polar surface area (TPSA) is 107 Å². The molecule has 0 bridgehead atoms. The van der Waals surface area contributed by atoms with Crippen LogP contribution in [-0.4, -0.2) is 34.9 Å². The van der Waals surface area contributed by atoms with Gasteiger partial charge in [-0.1, -0.05) is 12.1 Å². The van der Waals surface area contributed by atoms with Gasteiger partial charge in [0.05, 0.1) is 17.2 Å². The molecule has 1 unspecified atom stereocenters. The molecule has 9 heteroatoms. The molecule has 1 aromatic carbocycles. The van der Waals surface area contributed by atoms with Crippen LogP contribution in [0.4, 0.5) is 21.8 Å². The van der Waals surface area contributed by atoms with Crippen molar-refractivity contribution < 1.29 is 14.0 Å². The number of aromatic nitrogens is 2. The molecule has 3 N–H and O–H groups in total. The van der Waals surface area contributed by atoms with E-state index in [9.17, 15) is 18.8 Å². The molecule has 2 aliphatic heterocycles. The number of hydrogen-bond acceptors (Lipinski definition) is 5. The lowest BCUT2D eigenvalue weighted by Crippen LogP contribution is -2.38. The van der Waals surface area contributed by atoms with Crippen LogP contribution in [-0.2, 0) is 9.59 Å². The van der Waals surface area contributed by atoms with Crippen LogP contribution in [0.2, 0.25) is 0 Å². The molecule has 28 heavy (non-hydrogen) atoms. The highest BCUT2D eigenvalue weighted by Crippen LogP contribution is 2.30. The Kier molecular flexibility index (Phi) is 4.81. The highest BCUT2D eigenvalue weighted by Gasteiger charge is 2.35. The number of amides is 2. The second-order valence-corrected chi connectivity index (χ2v) is 6.97. The molecule has 0 spiro atoms. The van der Waals surface area contributed by atoms with Gasteiger partial charge < -0.3 is 15.5 Å². The van der Waals surface area contributed by atoms with Crippen molar-refractivity contribution in [2.45, 2.75) is 31.6 Å². The third kappa shape index (κ3) is 3.47. The van der Waals surface area contributed by atoms with E-state index in [1.807, 2.05) is 4.90 Å². The third-order valence-electron chi connectivity index (χ3n) is 5.04. The van der Waals surface area contributed by atoms with Crippen molar-refractivity contribution in [1.29, 1.82) is 0 Å². The maximum absolute atomic E-state index is 13.8. The Bertz CT molecular complexity index is 984. The van der Waals surface area contributed by atoms with Crippen LogP contribution in [0.3, 0.4) is 0 Å². The fourth-order valence-corrected chi connectivity index (χ4v) is 3.62. The van der Waals surface area contributed by atoms with Gasteiger partial charge in [0.25, 0.3) is 5.56 Å². The maximum atomic E-state index is 13.8. The first-order valence-electron chi connectivity index (χ1n) is 9.27. The molecule has 2 aromatic rings. The van der Waals surface area contributed by atoms with Crippen LogP contribution in [0.1, 0.15) is 37.2 Å². The second-order valence-electron chi connectivity index (χ2n) is 6.97. The van der Waals surface area contributed by atoms with Gasteiger partial charge in [0.1, 0.15) is 11.6 Å². The van der Waals surface area contributed by atoms with E-state index in [0.717, 1.165) is 32.4 Å². The Morgan fingerprint density at radius 2 is 1.93 bits per heavy atom. The summed E-state index contributed by atoms with van der Waals surface area (Å²) in [7, 11) is 0. The van der Waals surface area contributed by atoms with Gasteiger partial charge in [0, 0.05) is 19.5 Å². The number of piperidine rings is 1. The summed E-state index contributed by atoms with van der Waals surface area (Å²) in [5, 5.41) is 5.05. The molecule has 2 aliphatic rings. The van der Waals surface area contributed by atoms with Crippen molar-refractivity contribution in [2.75, 3.05) is 28.6 Å². The van der Waals surface area contributed by atoms with Crippen LogP contribution >= 0.6 is 0 Å². The number of carbonyl (C=O) groups excluding carboxylic acids is 2. The van der Waals surface area contributed by atoms with Crippen molar-refractivity contribution in [2.24, 2.45) is 0 Å². The standard InChI is InChI=1S/C19H20FN5O3/c20-12-6-2-3-7-13(12)21-17(27)11-10-14(26)22-16-15(11)18(28)24-19(23-16)25-8-4-1-5-9-25/h2-3,6-7,11H,1,4-5,8-10H2,(H,21,27)(H2,22,23,24,26,28). The van der Waals surface area contributed by atoms with Crippen LogP contribution < -0.4 is 21.1 Å². The molecule has 1 fully saturated rings. The fourth-order valence-electron chi connectivity index (χ4n) is 3.62. The number of hydrogen-bond donors (Lipinski definition) is 3. The molecule has 1 aromatic heterocycles. The van der Waals surface area contributed by atoms with Crippen molar-refractivity contribution in [3.05, 3.63) is 46.0 Å². The van der Waals surface area contributed by atoms with E-state index in [0.29, 0.717) is 5.95 Å². The molecule has 1 saturated heterocycles. The first-order chi connectivity index (χ1) is 13.5. The van der Waals surface area contributed by atoms with Gasteiger partial charge in [0.15, 0.2) is 0 Å². The summed E-state index contributed by atoms with van der Waals surface area (Å²) in [5.41, 5.74) is -0.386. The quantitative estimate of drug-likeness (QED) is 0.749. The normalized spacial score (nSPS) is 19.0. The van der Waals surface area contributed by atoms with Crippen LogP contribution in [0.25, 0.3) is 0 Å². The largest absolute Gasteiger partial charge is 0.342 e. The van der Waals surface area contributed by atoms with Gasteiger partial charge in [-0.3, -0.25) is 19.4 Å². The van der Waals surface area contributed by atoms with E-state index in [1.165, 1.54) is 18.2 Å². The summed E-state index contributed by atoms with van der Waals surface area (Å²) in [6.45, 7) is 1.54. The van der Waals surface area contributed by atoms with Crippen LogP contribution in [0, 0.1) is 5.82 Å². The summed E-state index contributed by atoms with van der Waals surface area (Å²) >= 11 is 0. The average Bonchev–Trinajstić information content (AvgIpc) is 2.69. The molecule has 8 nitrogen and oxygen atoms in total. The van der Waals surface area contributed by atoms with E-state index >= 15 is 0 Å². The van der Waals surface area contributed by atoms with Crippen molar-refractivity contribution in [3.63, 3.8) is 0 Å². The number of anilines is 3. The summed E-state index contributed by atoms with van der Waals surface area (Å²) in [6, 6.07) is 5.72. The summed E-state index contributed by atoms with van der Waals surface area (Å²) < 4.78 is 13.8. The van der Waals surface area contributed by atoms with Crippen molar-refractivity contribution in [1.82, 2.24) is 9.97 Å². The van der Waals surface area contributed by atoms with Crippen molar-refractivity contribution in [3.8, 4) is 0 Å². The highest BCUT2D eigenvalue weighted by molar-refractivity contribution is 6.04. The Hall–Kier alpha value is -3.23. The number of benzene rings is 1. The van der Waals surface area contributed by atoms with Crippen molar-refractivity contribution >= 4 is 29.3 Å². The predicted molar refractivity (Wildman–Crippen MR) is 102 cm³/mol. The van der Waals surface area contributed by atoms with Gasteiger partial charge in [-0.05, 0) is 31.4 Å². The van der Waals surface area contributed by atoms with E-state index in [4.69, 9.17) is 0 Å². The second kappa shape index (κ2) is 7.41. The predicted octanol–water partition coefficient (Wildman–Crippen LogP) is 1.96. The molecular weight excluding hydrogens is 365 g/mol. The van der Waals surface area contributed by atoms with E-state index in [2.05, 4.69) is 20.6 Å².